The van der Waals surface area contributed by atoms with Crippen LogP contribution in [0, 0.1) is 6.92 Å². The number of carbonyl (C=O) groups is 2. The monoisotopic (exact) mass is 396 g/mol. The van der Waals surface area contributed by atoms with Crippen molar-refractivity contribution in [3.63, 3.8) is 0 Å². The van der Waals surface area contributed by atoms with Gasteiger partial charge in [0.05, 0.1) is 19.3 Å². The van der Waals surface area contributed by atoms with Gasteiger partial charge in [-0.15, -0.1) is 11.8 Å². The predicted molar refractivity (Wildman–Crippen MR) is 112 cm³/mol. The van der Waals surface area contributed by atoms with Gasteiger partial charge in [0.2, 0.25) is 5.91 Å². The standard InChI is InChI=1S/C22H24N2O3S/c1-4-20(25)24-11-12-28-22(24)18-13-17(27-3)9-10-19(18)23(21(22)26)14-16-7-5-15(2)6-8-16/h5-10,13H,4,11-12,14H2,1-3H3/t22-/m1/s1. The molecule has 28 heavy (non-hydrogen) atoms. The molecule has 2 heterocycles. The molecule has 1 saturated heterocycles. The molecule has 5 nitrogen and oxygen atoms in total. The van der Waals surface area contributed by atoms with Crippen molar-refractivity contribution in [1.29, 1.82) is 0 Å². The highest BCUT2D eigenvalue weighted by molar-refractivity contribution is 8.01. The third-order valence-electron chi connectivity index (χ3n) is 5.47. The van der Waals surface area contributed by atoms with Crippen molar-refractivity contribution in [3.8, 4) is 5.75 Å². The molecule has 146 valence electrons. The Morgan fingerprint density at radius 2 is 1.96 bits per heavy atom. The first kappa shape index (κ1) is 18.9. The average molecular weight is 397 g/mol. The summed E-state index contributed by atoms with van der Waals surface area (Å²) in [4.78, 5) is 29.0. The Morgan fingerprint density at radius 3 is 2.64 bits per heavy atom. The molecule has 0 aliphatic carbocycles. The SMILES string of the molecule is CCC(=O)N1CCS[C@]12C(=O)N(Cc1ccc(C)cc1)c1ccc(OC)cc12. The maximum atomic E-state index is 13.8. The van der Waals surface area contributed by atoms with Crippen molar-refractivity contribution in [2.75, 3.05) is 24.3 Å². The fraction of sp³-hybridized carbons (Fsp3) is 0.364. The predicted octanol–water partition coefficient (Wildman–Crippen LogP) is 3.69. The number of carbonyl (C=O) groups excluding carboxylic acids is 2. The third-order valence-corrected chi connectivity index (χ3v) is 6.88. The summed E-state index contributed by atoms with van der Waals surface area (Å²) in [5.74, 6) is 1.40. The topological polar surface area (TPSA) is 49.9 Å². The Bertz CT molecular complexity index is 928. The van der Waals surface area contributed by atoms with E-state index >= 15 is 0 Å². The van der Waals surface area contributed by atoms with Gasteiger partial charge in [-0.2, -0.15) is 0 Å². The van der Waals surface area contributed by atoms with E-state index in [-0.39, 0.29) is 11.8 Å². The number of methoxy groups -OCH3 is 1. The fourth-order valence-corrected chi connectivity index (χ4v) is 5.47. The minimum Gasteiger partial charge on any atom is -0.497 e. The number of benzene rings is 2. The summed E-state index contributed by atoms with van der Waals surface area (Å²) in [5, 5.41) is 0. The number of fused-ring (bicyclic) bond motifs is 2. The molecule has 4 rings (SSSR count). The summed E-state index contributed by atoms with van der Waals surface area (Å²) >= 11 is 1.55. The van der Waals surface area contributed by atoms with Crippen LogP contribution in [0.25, 0.3) is 0 Å². The van der Waals surface area contributed by atoms with E-state index < -0.39 is 4.87 Å². The molecule has 1 fully saturated rings. The molecule has 0 aromatic heterocycles. The van der Waals surface area contributed by atoms with Gasteiger partial charge in [-0.3, -0.25) is 9.59 Å². The second-order valence-electron chi connectivity index (χ2n) is 7.15. The summed E-state index contributed by atoms with van der Waals surface area (Å²) in [6, 6.07) is 13.9. The number of nitrogens with zero attached hydrogens (tertiary/aromatic N) is 2. The first-order valence-corrected chi connectivity index (χ1v) is 10.5. The molecule has 0 unspecified atom stereocenters. The van der Waals surface area contributed by atoms with Gasteiger partial charge in [0.1, 0.15) is 5.75 Å². The molecular formula is C22H24N2O3S. The lowest BCUT2D eigenvalue weighted by molar-refractivity contribution is -0.139. The Kier molecular flexibility index (Phi) is 4.83. The van der Waals surface area contributed by atoms with Crippen molar-refractivity contribution < 1.29 is 14.3 Å². The zero-order chi connectivity index (χ0) is 19.9. The number of aryl methyl sites for hydroxylation is 1. The van der Waals surface area contributed by atoms with E-state index in [4.69, 9.17) is 4.74 Å². The van der Waals surface area contributed by atoms with Crippen molar-refractivity contribution in [2.45, 2.75) is 31.7 Å². The van der Waals surface area contributed by atoms with Gasteiger partial charge in [-0.25, -0.2) is 0 Å². The Hall–Kier alpha value is -2.47. The molecule has 0 bridgehead atoms. The molecule has 6 heteroatoms. The van der Waals surface area contributed by atoms with Crippen LogP contribution in [0.1, 0.15) is 30.0 Å². The molecule has 2 aliphatic rings. The maximum Gasteiger partial charge on any atom is 0.268 e. The van der Waals surface area contributed by atoms with Crippen LogP contribution >= 0.6 is 11.8 Å². The molecule has 2 amide bonds. The van der Waals surface area contributed by atoms with E-state index in [1.54, 1.807) is 23.8 Å². The minimum atomic E-state index is -0.984. The van der Waals surface area contributed by atoms with Crippen molar-refractivity contribution in [1.82, 2.24) is 4.90 Å². The van der Waals surface area contributed by atoms with E-state index in [1.165, 1.54) is 5.56 Å². The van der Waals surface area contributed by atoms with Gasteiger partial charge in [0.25, 0.3) is 5.91 Å². The van der Waals surface area contributed by atoms with Crippen LogP contribution < -0.4 is 9.64 Å². The lowest BCUT2D eigenvalue weighted by Gasteiger charge is -2.33. The first-order valence-electron chi connectivity index (χ1n) is 9.51. The Balaban J connectivity index is 1.82. The van der Waals surface area contributed by atoms with Crippen molar-refractivity contribution in [2.24, 2.45) is 0 Å². The van der Waals surface area contributed by atoms with E-state index in [9.17, 15) is 9.59 Å². The quantitative estimate of drug-likeness (QED) is 0.791. The molecule has 2 aromatic rings. The number of hydrogen-bond donors (Lipinski definition) is 0. The lowest BCUT2D eigenvalue weighted by Crippen LogP contribution is -2.50. The maximum absolute atomic E-state index is 13.8. The highest BCUT2D eigenvalue weighted by Gasteiger charge is 2.59. The number of amides is 2. The second kappa shape index (κ2) is 7.17. The van der Waals surface area contributed by atoms with Gasteiger partial charge in [0, 0.05) is 24.3 Å². The van der Waals surface area contributed by atoms with Gasteiger partial charge in [0.15, 0.2) is 4.87 Å². The fourth-order valence-electron chi connectivity index (χ4n) is 4.00. The van der Waals surface area contributed by atoms with Crippen molar-refractivity contribution >= 4 is 29.3 Å². The van der Waals surface area contributed by atoms with Crippen LogP contribution in [0.3, 0.4) is 0 Å². The van der Waals surface area contributed by atoms with E-state index in [1.807, 2.05) is 49.1 Å². The minimum absolute atomic E-state index is 0.00399. The number of ether oxygens (including phenoxy) is 1. The van der Waals surface area contributed by atoms with Crippen LogP contribution in [0.5, 0.6) is 5.75 Å². The van der Waals surface area contributed by atoms with Gasteiger partial charge < -0.3 is 14.5 Å². The largest absolute Gasteiger partial charge is 0.497 e. The van der Waals surface area contributed by atoms with Crippen LogP contribution in [0.2, 0.25) is 0 Å². The smallest absolute Gasteiger partial charge is 0.268 e. The zero-order valence-electron chi connectivity index (χ0n) is 16.4. The molecule has 2 aliphatic heterocycles. The van der Waals surface area contributed by atoms with Crippen LogP contribution in [-0.4, -0.2) is 36.1 Å². The summed E-state index contributed by atoms with van der Waals surface area (Å²) in [5.41, 5.74) is 3.96. The third kappa shape index (κ3) is 2.78. The molecule has 1 spiro atoms. The normalized spacial score (nSPS) is 20.8. The first-order chi connectivity index (χ1) is 13.5. The molecular weight excluding hydrogens is 372 g/mol. The van der Waals surface area contributed by atoms with Gasteiger partial charge in [-0.1, -0.05) is 36.8 Å². The highest BCUT2D eigenvalue weighted by Crippen LogP contribution is 2.55. The second-order valence-corrected chi connectivity index (χ2v) is 8.44. The molecule has 0 radical (unpaired) electrons. The van der Waals surface area contributed by atoms with Crippen LogP contribution in [0.4, 0.5) is 5.69 Å². The zero-order valence-corrected chi connectivity index (χ0v) is 17.2. The number of hydrogen-bond acceptors (Lipinski definition) is 4. The lowest BCUT2D eigenvalue weighted by atomic mass is 10.0. The summed E-state index contributed by atoms with van der Waals surface area (Å²) in [7, 11) is 1.62. The summed E-state index contributed by atoms with van der Waals surface area (Å²) in [6.45, 7) is 4.95. The Morgan fingerprint density at radius 1 is 1.21 bits per heavy atom. The van der Waals surface area contributed by atoms with Gasteiger partial charge >= 0.3 is 0 Å². The molecule has 2 aromatic carbocycles. The van der Waals surface area contributed by atoms with Crippen LogP contribution in [0.15, 0.2) is 42.5 Å². The molecule has 0 N–H and O–H groups in total. The van der Waals surface area contributed by atoms with Crippen LogP contribution in [-0.2, 0) is 21.0 Å². The number of anilines is 1. The van der Waals surface area contributed by atoms with E-state index in [0.717, 1.165) is 22.6 Å². The summed E-state index contributed by atoms with van der Waals surface area (Å²) < 4.78 is 5.42. The van der Waals surface area contributed by atoms with E-state index in [0.29, 0.717) is 25.3 Å². The van der Waals surface area contributed by atoms with E-state index in [2.05, 4.69) is 12.1 Å². The molecule has 0 saturated carbocycles. The van der Waals surface area contributed by atoms with Gasteiger partial charge in [-0.05, 0) is 30.7 Å². The average Bonchev–Trinajstić information content (AvgIpc) is 3.26. The number of rotatable bonds is 4. The van der Waals surface area contributed by atoms with Crippen molar-refractivity contribution in [3.05, 3.63) is 59.2 Å². The summed E-state index contributed by atoms with van der Waals surface area (Å²) in [6.07, 6.45) is 0.382. The highest BCUT2D eigenvalue weighted by atomic mass is 32.2. The molecule has 1 atom stereocenters. The Labute approximate surface area is 169 Å². The number of thioether (sulfide) groups is 1.